The summed E-state index contributed by atoms with van der Waals surface area (Å²) in [6, 6.07) is 9.31. The Hall–Kier alpha value is -3.01. The van der Waals surface area contributed by atoms with Crippen LogP contribution in [0, 0.1) is 11.6 Å². The number of hydrogen-bond acceptors (Lipinski definition) is 4. The molecule has 2 aromatic carbocycles. The summed E-state index contributed by atoms with van der Waals surface area (Å²) in [7, 11) is -3.74. The second-order valence-electron chi connectivity index (χ2n) is 6.34. The minimum absolute atomic E-state index is 0.0135. The topological polar surface area (TPSA) is 95.6 Å². The number of sulfonamides is 1. The normalized spacial score (nSPS) is 11.0. The summed E-state index contributed by atoms with van der Waals surface area (Å²) in [6.07, 6.45) is 1.13. The highest BCUT2D eigenvalue weighted by Crippen LogP contribution is 2.21. The van der Waals surface area contributed by atoms with Crippen molar-refractivity contribution in [3.05, 3.63) is 54.1 Å². The molecule has 0 radical (unpaired) electrons. The molecule has 29 heavy (non-hydrogen) atoms. The molecule has 0 fully saturated rings. The van der Waals surface area contributed by atoms with Crippen LogP contribution >= 0.6 is 0 Å². The smallest absolute Gasteiger partial charge is 0.232 e. The molecule has 7 nitrogen and oxygen atoms in total. The Labute approximate surface area is 167 Å². The molecule has 0 atom stereocenters. The van der Waals surface area contributed by atoms with Crippen molar-refractivity contribution in [2.24, 2.45) is 0 Å². The zero-order valence-corrected chi connectivity index (χ0v) is 16.7. The van der Waals surface area contributed by atoms with Gasteiger partial charge in [-0.25, -0.2) is 17.2 Å². The molecule has 2 amide bonds. The SMILES string of the molecule is CC(=O)Nc1ccc(NC(=O)CCCN(c2ccc(F)c(F)c2)S(C)(=O)=O)cc1. The van der Waals surface area contributed by atoms with Crippen LogP contribution in [0.15, 0.2) is 42.5 Å². The van der Waals surface area contributed by atoms with Crippen molar-refractivity contribution >= 4 is 38.9 Å². The molecule has 2 rings (SSSR count). The molecule has 0 saturated heterocycles. The lowest BCUT2D eigenvalue weighted by atomic mass is 10.2. The van der Waals surface area contributed by atoms with Crippen LogP contribution in [0.3, 0.4) is 0 Å². The van der Waals surface area contributed by atoms with Gasteiger partial charge in [-0.15, -0.1) is 0 Å². The van der Waals surface area contributed by atoms with Gasteiger partial charge in [0.1, 0.15) is 0 Å². The zero-order chi connectivity index (χ0) is 21.6. The molecule has 0 spiro atoms. The predicted molar refractivity (Wildman–Crippen MR) is 107 cm³/mol. The fraction of sp³-hybridized carbons (Fsp3) is 0.263. The van der Waals surface area contributed by atoms with Gasteiger partial charge in [-0.1, -0.05) is 0 Å². The van der Waals surface area contributed by atoms with E-state index in [0.29, 0.717) is 11.4 Å². The molecular weight excluding hydrogens is 404 g/mol. The van der Waals surface area contributed by atoms with Gasteiger partial charge in [0, 0.05) is 37.3 Å². The van der Waals surface area contributed by atoms with Gasteiger partial charge in [-0.2, -0.15) is 0 Å². The van der Waals surface area contributed by atoms with Crippen LogP contribution in [-0.2, 0) is 19.6 Å². The first-order valence-electron chi connectivity index (χ1n) is 8.66. The van der Waals surface area contributed by atoms with Crippen LogP contribution in [0.5, 0.6) is 0 Å². The summed E-state index contributed by atoms with van der Waals surface area (Å²) in [5.74, 6) is -2.78. The predicted octanol–water partition coefficient (Wildman–Crippen LogP) is 3.11. The average molecular weight is 425 g/mol. The van der Waals surface area contributed by atoms with Gasteiger partial charge in [-0.3, -0.25) is 13.9 Å². The number of anilines is 3. The summed E-state index contributed by atoms with van der Waals surface area (Å²) in [5.41, 5.74) is 1.09. The zero-order valence-electron chi connectivity index (χ0n) is 15.9. The largest absolute Gasteiger partial charge is 0.326 e. The Morgan fingerprint density at radius 1 is 0.966 bits per heavy atom. The third kappa shape index (κ3) is 6.83. The molecule has 0 heterocycles. The van der Waals surface area contributed by atoms with Gasteiger partial charge in [0.2, 0.25) is 21.8 Å². The molecule has 0 aliphatic carbocycles. The van der Waals surface area contributed by atoms with E-state index in [1.165, 1.54) is 6.92 Å². The standard InChI is InChI=1S/C19H21F2N3O4S/c1-13(25)22-14-5-7-15(8-6-14)23-19(26)4-3-11-24(29(2,27)28)16-9-10-17(20)18(21)12-16/h5-10,12H,3-4,11H2,1-2H3,(H,22,25)(H,23,26). The molecule has 0 aromatic heterocycles. The van der Waals surface area contributed by atoms with Crippen molar-refractivity contribution in [1.29, 1.82) is 0 Å². The number of hydrogen-bond donors (Lipinski definition) is 2. The monoisotopic (exact) mass is 425 g/mol. The first kappa shape index (κ1) is 22.3. The highest BCUT2D eigenvalue weighted by atomic mass is 32.2. The number of amides is 2. The summed E-state index contributed by atoms with van der Waals surface area (Å²) in [5, 5.41) is 5.27. The molecule has 156 valence electrons. The van der Waals surface area contributed by atoms with Gasteiger partial charge in [0.15, 0.2) is 11.6 Å². The molecule has 0 aliphatic heterocycles. The molecule has 0 bridgehead atoms. The number of nitrogens with zero attached hydrogens (tertiary/aromatic N) is 1. The Morgan fingerprint density at radius 3 is 2.07 bits per heavy atom. The van der Waals surface area contributed by atoms with Gasteiger partial charge in [0.25, 0.3) is 0 Å². The Morgan fingerprint density at radius 2 is 1.55 bits per heavy atom. The van der Waals surface area contributed by atoms with E-state index in [0.717, 1.165) is 28.8 Å². The van der Waals surface area contributed by atoms with E-state index >= 15 is 0 Å². The number of carbonyl (C=O) groups excluding carboxylic acids is 2. The number of rotatable bonds is 8. The third-order valence-corrected chi connectivity index (χ3v) is 5.04. The Kier molecular flexibility index (Phi) is 7.27. The van der Waals surface area contributed by atoms with E-state index < -0.39 is 21.7 Å². The number of halogens is 2. The number of nitrogens with one attached hydrogen (secondary N) is 2. The maximum Gasteiger partial charge on any atom is 0.232 e. The lowest BCUT2D eigenvalue weighted by molar-refractivity contribution is -0.116. The summed E-state index contributed by atoms with van der Waals surface area (Å²) in [4.78, 5) is 23.1. The van der Waals surface area contributed by atoms with Gasteiger partial charge >= 0.3 is 0 Å². The van der Waals surface area contributed by atoms with Crippen molar-refractivity contribution < 1.29 is 26.8 Å². The van der Waals surface area contributed by atoms with Crippen LogP contribution in [0.1, 0.15) is 19.8 Å². The molecule has 0 aliphatic rings. The van der Waals surface area contributed by atoms with Crippen LogP contribution in [0.25, 0.3) is 0 Å². The minimum Gasteiger partial charge on any atom is -0.326 e. The van der Waals surface area contributed by atoms with E-state index in [4.69, 9.17) is 0 Å². The molecule has 2 aromatic rings. The second-order valence-corrected chi connectivity index (χ2v) is 8.25. The van der Waals surface area contributed by atoms with Crippen molar-refractivity contribution in [2.45, 2.75) is 19.8 Å². The second kappa shape index (κ2) is 9.46. The highest BCUT2D eigenvalue weighted by Gasteiger charge is 2.19. The highest BCUT2D eigenvalue weighted by molar-refractivity contribution is 7.92. The molecule has 2 N–H and O–H groups in total. The first-order chi connectivity index (χ1) is 13.6. The van der Waals surface area contributed by atoms with E-state index in [1.54, 1.807) is 24.3 Å². The Bertz CT molecular complexity index is 995. The van der Waals surface area contributed by atoms with Gasteiger partial charge in [-0.05, 0) is 42.8 Å². The van der Waals surface area contributed by atoms with Gasteiger partial charge < -0.3 is 10.6 Å². The molecular formula is C19H21F2N3O4S. The molecule has 0 saturated carbocycles. The van der Waals surface area contributed by atoms with Crippen LogP contribution in [-0.4, -0.2) is 33.0 Å². The van der Waals surface area contributed by atoms with Crippen molar-refractivity contribution in [1.82, 2.24) is 0 Å². The van der Waals surface area contributed by atoms with E-state index in [9.17, 15) is 26.8 Å². The third-order valence-electron chi connectivity index (χ3n) is 3.85. The number of benzene rings is 2. The lowest BCUT2D eigenvalue weighted by Crippen LogP contribution is -2.31. The fourth-order valence-electron chi connectivity index (χ4n) is 2.57. The van der Waals surface area contributed by atoms with Crippen LogP contribution in [0.4, 0.5) is 25.8 Å². The van der Waals surface area contributed by atoms with Crippen LogP contribution in [0.2, 0.25) is 0 Å². The quantitative estimate of drug-likeness (QED) is 0.679. The minimum atomic E-state index is -3.74. The maximum absolute atomic E-state index is 13.4. The van der Waals surface area contributed by atoms with E-state index in [2.05, 4.69) is 10.6 Å². The van der Waals surface area contributed by atoms with E-state index in [-0.39, 0.29) is 36.9 Å². The molecule has 10 heteroatoms. The first-order valence-corrected chi connectivity index (χ1v) is 10.5. The van der Waals surface area contributed by atoms with Gasteiger partial charge in [0.05, 0.1) is 11.9 Å². The maximum atomic E-state index is 13.4. The average Bonchev–Trinajstić information content (AvgIpc) is 2.61. The fourth-order valence-corrected chi connectivity index (χ4v) is 3.53. The lowest BCUT2D eigenvalue weighted by Gasteiger charge is -2.22. The number of carbonyl (C=O) groups is 2. The summed E-state index contributed by atoms with van der Waals surface area (Å²) in [6.45, 7) is 1.31. The summed E-state index contributed by atoms with van der Waals surface area (Å²) >= 11 is 0. The summed E-state index contributed by atoms with van der Waals surface area (Å²) < 4.78 is 51.4. The van der Waals surface area contributed by atoms with E-state index in [1.807, 2.05) is 0 Å². The van der Waals surface area contributed by atoms with Crippen molar-refractivity contribution in [3.63, 3.8) is 0 Å². The molecule has 0 unspecified atom stereocenters. The van der Waals surface area contributed by atoms with Crippen molar-refractivity contribution in [2.75, 3.05) is 27.7 Å². The van der Waals surface area contributed by atoms with Crippen molar-refractivity contribution in [3.8, 4) is 0 Å². The van der Waals surface area contributed by atoms with Crippen LogP contribution < -0.4 is 14.9 Å². The Balaban J connectivity index is 1.94.